The molecule has 0 saturated heterocycles. The molecule has 7 nitrogen and oxygen atoms in total. The Morgan fingerprint density at radius 3 is 2.04 bits per heavy atom. The van der Waals surface area contributed by atoms with Gasteiger partial charge in [0.1, 0.15) is 11.5 Å². The summed E-state index contributed by atoms with van der Waals surface area (Å²) >= 11 is 1.48. The predicted molar refractivity (Wildman–Crippen MR) is 99.3 cm³/mol. The minimum absolute atomic E-state index is 0.0857. The average Bonchev–Trinajstić information content (AvgIpc) is 2.65. The number of Topliss-reactive ketones (excluding diaryl/α,β-unsaturated/α-hetero) is 1. The van der Waals surface area contributed by atoms with Crippen LogP contribution < -0.4 is 4.74 Å². The number of aliphatic carboxylic acids is 1. The van der Waals surface area contributed by atoms with E-state index in [2.05, 4.69) is 9.99 Å². The largest absolute Gasteiger partial charge is 0.482 e. The highest BCUT2D eigenvalue weighted by molar-refractivity contribution is 7.99. The lowest BCUT2D eigenvalue weighted by Crippen LogP contribution is -2.11. The van der Waals surface area contributed by atoms with Crippen molar-refractivity contribution in [3.63, 3.8) is 0 Å². The van der Waals surface area contributed by atoms with Crippen LogP contribution in [0.2, 0.25) is 0 Å². The highest BCUT2D eigenvalue weighted by Crippen LogP contribution is 2.29. The second-order valence-corrected chi connectivity index (χ2v) is 6.52. The van der Waals surface area contributed by atoms with Gasteiger partial charge in [-0.2, -0.15) is 0 Å². The molecule has 0 spiro atoms. The van der Waals surface area contributed by atoms with Crippen molar-refractivity contribution in [3.8, 4) is 5.75 Å². The maximum atomic E-state index is 12.2. The molecule has 0 fully saturated rings. The molecular weight excluding hydrogens is 370 g/mol. The summed E-state index contributed by atoms with van der Waals surface area (Å²) in [5.74, 6) is -1.47. The van der Waals surface area contributed by atoms with Gasteiger partial charge in [-0.1, -0.05) is 16.9 Å². The monoisotopic (exact) mass is 387 g/mol. The lowest BCUT2D eigenvalue weighted by Gasteiger charge is -2.06. The van der Waals surface area contributed by atoms with E-state index in [9.17, 15) is 14.4 Å². The van der Waals surface area contributed by atoms with E-state index in [0.29, 0.717) is 11.3 Å². The predicted octanol–water partition coefficient (Wildman–Crippen LogP) is 3.42. The van der Waals surface area contributed by atoms with Crippen molar-refractivity contribution in [1.29, 1.82) is 0 Å². The van der Waals surface area contributed by atoms with Crippen molar-refractivity contribution < 1.29 is 29.1 Å². The van der Waals surface area contributed by atoms with Crippen LogP contribution in [0.3, 0.4) is 0 Å². The van der Waals surface area contributed by atoms with Crippen LogP contribution in [0.1, 0.15) is 24.2 Å². The lowest BCUT2D eigenvalue weighted by atomic mass is 10.1. The van der Waals surface area contributed by atoms with E-state index in [1.165, 1.54) is 25.6 Å². The Morgan fingerprint density at radius 1 is 0.963 bits per heavy atom. The third kappa shape index (κ3) is 6.59. The van der Waals surface area contributed by atoms with Crippen LogP contribution in [0, 0.1) is 0 Å². The van der Waals surface area contributed by atoms with Crippen LogP contribution in [0.25, 0.3) is 0 Å². The van der Waals surface area contributed by atoms with Crippen molar-refractivity contribution in [3.05, 3.63) is 54.1 Å². The van der Waals surface area contributed by atoms with E-state index in [4.69, 9.17) is 9.84 Å². The van der Waals surface area contributed by atoms with Gasteiger partial charge >= 0.3 is 11.9 Å². The Bertz CT molecular complexity index is 859. The second kappa shape index (κ2) is 9.54. The van der Waals surface area contributed by atoms with Crippen LogP contribution in [0.4, 0.5) is 0 Å². The van der Waals surface area contributed by atoms with E-state index in [-0.39, 0.29) is 18.1 Å². The van der Waals surface area contributed by atoms with Crippen LogP contribution in [-0.2, 0) is 14.4 Å². The smallest absolute Gasteiger partial charge is 0.341 e. The van der Waals surface area contributed by atoms with Gasteiger partial charge in [-0.05, 0) is 55.5 Å². The van der Waals surface area contributed by atoms with Gasteiger partial charge in [0.05, 0.1) is 0 Å². The summed E-state index contributed by atoms with van der Waals surface area (Å²) < 4.78 is 5.08. The minimum Gasteiger partial charge on any atom is -0.482 e. The Hall–Kier alpha value is -3.13. The molecule has 0 bridgehead atoms. The van der Waals surface area contributed by atoms with Crippen LogP contribution >= 0.6 is 11.8 Å². The first-order valence-corrected chi connectivity index (χ1v) is 8.66. The van der Waals surface area contributed by atoms with Crippen LogP contribution in [0.5, 0.6) is 5.75 Å². The van der Waals surface area contributed by atoms with Gasteiger partial charge in [0.25, 0.3) is 0 Å². The Kier molecular flexibility index (Phi) is 7.13. The van der Waals surface area contributed by atoms with Crippen molar-refractivity contribution in [2.75, 3.05) is 6.61 Å². The van der Waals surface area contributed by atoms with Crippen molar-refractivity contribution in [1.82, 2.24) is 0 Å². The number of carboxylic acids is 1. The molecule has 140 valence electrons. The quantitative estimate of drug-likeness (QED) is 0.320. The van der Waals surface area contributed by atoms with Gasteiger partial charge in [0, 0.05) is 22.3 Å². The molecular formula is C19H17NO6S. The molecule has 0 amide bonds. The molecule has 0 aliphatic heterocycles. The second-order valence-electron chi connectivity index (χ2n) is 5.37. The molecule has 0 aromatic heterocycles. The number of nitrogens with zero attached hydrogens (tertiary/aromatic N) is 1. The van der Waals surface area contributed by atoms with Gasteiger partial charge in [-0.3, -0.25) is 4.79 Å². The zero-order valence-electron chi connectivity index (χ0n) is 14.7. The third-order valence-electron chi connectivity index (χ3n) is 3.18. The summed E-state index contributed by atoms with van der Waals surface area (Å²) in [4.78, 5) is 39.7. The SMILES string of the molecule is CC(=O)O/N=C(\C)C(=O)c1ccc(Sc2ccc(OCC(=O)O)cc2)cc1. The number of benzene rings is 2. The number of rotatable bonds is 8. The molecule has 0 aliphatic carbocycles. The maximum absolute atomic E-state index is 12.2. The number of carbonyl (C=O) groups excluding carboxylic acids is 2. The van der Waals surface area contributed by atoms with Gasteiger partial charge < -0.3 is 14.7 Å². The Morgan fingerprint density at radius 2 is 1.52 bits per heavy atom. The van der Waals surface area contributed by atoms with Crippen molar-refractivity contribution >= 4 is 35.2 Å². The standard InChI is InChI=1S/C19H17NO6S/c1-12(20-26-13(2)21)19(24)14-3-7-16(8-4-14)27-17-9-5-15(6-10-17)25-11-18(22)23/h3-10H,11H2,1-2H3,(H,22,23)/b20-12+. The molecule has 0 atom stereocenters. The summed E-state index contributed by atoms with van der Waals surface area (Å²) in [6.45, 7) is 2.29. The fourth-order valence-electron chi connectivity index (χ4n) is 1.94. The average molecular weight is 387 g/mol. The molecule has 2 aromatic carbocycles. The van der Waals surface area contributed by atoms with Crippen molar-refractivity contribution in [2.24, 2.45) is 5.16 Å². The molecule has 2 aromatic rings. The fraction of sp³-hybridized carbons (Fsp3) is 0.158. The number of ketones is 1. The molecule has 1 N–H and O–H groups in total. The molecule has 8 heteroatoms. The topological polar surface area (TPSA) is 102 Å². The molecule has 0 saturated carbocycles. The number of hydrogen-bond acceptors (Lipinski definition) is 7. The summed E-state index contributed by atoms with van der Waals surface area (Å²) in [6, 6.07) is 13.9. The Balaban J connectivity index is 1.99. The van der Waals surface area contributed by atoms with E-state index >= 15 is 0 Å². The summed E-state index contributed by atoms with van der Waals surface area (Å²) in [5.41, 5.74) is 0.521. The number of oxime groups is 1. The van der Waals surface area contributed by atoms with Gasteiger partial charge in [0.2, 0.25) is 5.78 Å². The van der Waals surface area contributed by atoms with Crippen LogP contribution in [0.15, 0.2) is 63.5 Å². The van der Waals surface area contributed by atoms with Gasteiger partial charge in [0.15, 0.2) is 6.61 Å². The number of carbonyl (C=O) groups is 3. The molecule has 0 unspecified atom stereocenters. The minimum atomic E-state index is -1.03. The molecule has 27 heavy (non-hydrogen) atoms. The number of ether oxygens (including phenoxy) is 1. The Labute approximate surface area is 160 Å². The fourth-order valence-corrected chi connectivity index (χ4v) is 2.76. The highest BCUT2D eigenvalue weighted by Gasteiger charge is 2.11. The maximum Gasteiger partial charge on any atom is 0.341 e. The zero-order chi connectivity index (χ0) is 19.8. The molecule has 2 rings (SSSR count). The normalized spacial score (nSPS) is 11.0. The van der Waals surface area contributed by atoms with Crippen LogP contribution in [-0.4, -0.2) is 35.1 Å². The first kappa shape index (κ1) is 20.2. The highest BCUT2D eigenvalue weighted by atomic mass is 32.2. The molecule has 0 radical (unpaired) electrons. The van der Waals surface area contributed by atoms with E-state index in [1.807, 2.05) is 12.1 Å². The summed E-state index contributed by atoms with van der Waals surface area (Å²) in [6.07, 6.45) is 0. The lowest BCUT2D eigenvalue weighted by molar-refractivity contribution is -0.141. The zero-order valence-corrected chi connectivity index (χ0v) is 15.5. The van der Waals surface area contributed by atoms with Gasteiger partial charge in [-0.15, -0.1) is 0 Å². The first-order valence-electron chi connectivity index (χ1n) is 7.84. The first-order chi connectivity index (χ1) is 12.8. The number of hydrogen-bond donors (Lipinski definition) is 1. The van der Waals surface area contributed by atoms with E-state index < -0.39 is 11.9 Å². The third-order valence-corrected chi connectivity index (χ3v) is 4.19. The summed E-state index contributed by atoms with van der Waals surface area (Å²) in [7, 11) is 0. The van der Waals surface area contributed by atoms with Crippen molar-refractivity contribution in [2.45, 2.75) is 23.6 Å². The number of carboxylic acid groups (broad SMARTS) is 1. The molecule has 0 aliphatic rings. The van der Waals surface area contributed by atoms with E-state index in [0.717, 1.165) is 9.79 Å². The van der Waals surface area contributed by atoms with Gasteiger partial charge in [-0.25, -0.2) is 9.59 Å². The summed E-state index contributed by atoms with van der Waals surface area (Å²) in [5, 5.41) is 12.1. The molecule has 0 heterocycles. The van der Waals surface area contributed by atoms with E-state index in [1.54, 1.807) is 36.4 Å².